The molecule has 0 radical (unpaired) electrons. The van der Waals surface area contributed by atoms with Gasteiger partial charge in [-0.1, -0.05) is 0 Å². The van der Waals surface area contributed by atoms with Crippen molar-refractivity contribution in [3.63, 3.8) is 0 Å². The van der Waals surface area contributed by atoms with Gasteiger partial charge in [0, 0.05) is 17.5 Å². The summed E-state index contributed by atoms with van der Waals surface area (Å²) in [4.78, 5) is 13.7. The third-order valence-electron chi connectivity index (χ3n) is 1.20. The molecule has 0 amide bonds. The summed E-state index contributed by atoms with van der Waals surface area (Å²) in [5, 5.41) is 0. The predicted molar refractivity (Wildman–Crippen MR) is 43.0 cm³/mol. The Balaban J connectivity index is 2.77. The van der Waals surface area contributed by atoms with Gasteiger partial charge in [0.1, 0.15) is 6.11 Å². The zero-order valence-corrected chi connectivity index (χ0v) is 6.57. The summed E-state index contributed by atoms with van der Waals surface area (Å²) in [6.45, 7) is 2.16. The molecule has 1 aromatic heterocycles. The first-order chi connectivity index (χ1) is 5.83. The molecule has 3 nitrogen and oxygen atoms in total. The van der Waals surface area contributed by atoms with E-state index < -0.39 is 0 Å². The molecule has 0 atom stereocenters. The molecule has 0 aromatic carbocycles. The lowest BCUT2D eigenvalue weighted by atomic mass is 10.2. The summed E-state index contributed by atoms with van der Waals surface area (Å²) in [5.41, 5.74) is 1.66. The van der Waals surface area contributed by atoms with E-state index in [2.05, 4.69) is 21.7 Å². The number of pyridine rings is 1. The smallest absolute Gasteiger partial charge is 0.307 e. The van der Waals surface area contributed by atoms with Crippen molar-refractivity contribution >= 4 is 6.47 Å². The van der Waals surface area contributed by atoms with Crippen molar-refractivity contribution in [1.82, 2.24) is 4.98 Å². The van der Waals surface area contributed by atoms with Gasteiger partial charge in [-0.3, -0.25) is 9.78 Å². The number of carbonyl (C=O) groups is 1. The SMILES string of the molecule is Cc1cc(C#COC=O)ccn1. The number of nitrogens with zero attached hydrogens (tertiary/aromatic N) is 1. The van der Waals surface area contributed by atoms with Gasteiger partial charge in [-0.15, -0.1) is 0 Å². The molecule has 0 aliphatic heterocycles. The van der Waals surface area contributed by atoms with Crippen molar-refractivity contribution in [2.45, 2.75) is 6.92 Å². The minimum atomic E-state index is 0.293. The zero-order chi connectivity index (χ0) is 8.81. The topological polar surface area (TPSA) is 39.2 Å². The molecular formula is C9H7NO2. The highest BCUT2D eigenvalue weighted by atomic mass is 16.5. The van der Waals surface area contributed by atoms with Crippen LogP contribution in [0.1, 0.15) is 11.3 Å². The maximum Gasteiger partial charge on any atom is 0.307 e. The van der Waals surface area contributed by atoms with Gasteiger partial charge in [-0.25, -0.2) is 0 Å². The first-order valence-electron chi connectivity index (χ1n) is 3.36. The maximum absolute atomic E-state index is 9.72. The van der Waals surface area contributed by atoms with Crippen molar-refractivity contribution < 1.29 is 9.53 Å². The number of rotatable bonds is 1. The van der Waals surface area contributed by atoms with Crippen LogP contribution < -0.4 is 0 Å². The molecular weight excluding hydrogens is 154 g/mol. The summed E-state index contributed by atoms with van der Waals surface area (Å²) in [6, 6.07) is 3.55. The first kappa shape index (κ1) is 8.28. The Kier molecular flexibility index (Phi) is 2.86. The van der Waals surface area contributed by atoms with Gasteiger partial charge in [0.15, 0.2) is 0 Å². The van der Waals surface area contributed by atoms with Gasteiger partial charge in [-0.2, -0.15) is 0 Å². The normalized spacial score (nSPS) is 8.08. The fourth-order valence-electron chi connectivity index (χ4n) is 0.736. The van der Waals surface area contributed by atoms with Crippen molar-refractivity contribution in [3.05, 3.63) is 29.6 Å². The van der Waals surface area contributed by atoms with Crippen molar-refractivity contribution in [1.29, 1.82) is 0 Å². The maximum atomic E-state index is 9.72. The molecule has 12 heavy (non-hydrogen) atoms. The molecule has 0 aliphatic carbocycles. The molecule has 0 saturated heterocycles. The Morgan fingerprint density at radius 3 is 3.17 bits per heavy atom. The highest BCUT2D eigenvalue weighted by Gasteiger charge is 1.87. The molecule has 0 unspecified atom stereocenters. The van der Waals surface area contributed by atoms with Gasteiger partial charge < -0.3 is 4.74 Å². The van der Waals surface area contributed by atoms with E-state index in [9.17, 15) is 4.79 Å². The first-order valence-corrected chi connectivity index (χ1v) is 3.36. The van der Waals surface area contributed by atoms with E-state index in [-0.39, 0.29) is 0 Å². The van der Waals surface area contributed by atoms with E-state index in [4.69, 9.17) is 0 Å². The number of hydrogen-bond acceptors (Lipinski definition) is 3. The number of ether oxygens (including phenoxy) is 1. The lowest BCUT2D eigenvalue weighted by Crippen LogP contribution is -1.82. The molecule has 0 fully saturated rings. The monoisotopic (exact) mass is 161 g/mol. The molecule has 0 aliphatic rings. The minimum Gasteiger partial charge on any atom is -0.374 e. The molecule has 0 saturated carbocycles. The Labute approximate surface area is 70.4 Å². The summed E-state index contributed by atoms with van der Waals surface area (Å²) < 4.78 is 4.22. The van der Waals surface area contributed by atoms with E-state index in [0.717, 1.165) is 11.3 Å². The van der Waals surface area contributed by atoms with Crippen molar-refractivity contribution in [2.75, 3.05) is 0 Å². The van der Waals surface area contributed by atoms with Crippen LogP contribution in [0, 0.1) is 19.0 Å². The van der Waals surface area contributed by atoms with Gasteiger partial charge in [0.25, 0.3) is 0 Å². The number of aromatic nitrogens is 1. The van der Waals surface area contributed by atoms with Gasteiger partial charge >= 0.3 is 6.47 Å². The molecule has 60 valence electrons. The standard InChI is InChI=1S/C9H7NO2/c1-8-6-9(2-4-10-8)3-5-12-7-11/h2,4,6-7H,1H3. The zero-order valence-electron chi connectivity index (χ0n) is 6.57. The average molecular weight is 161 g/mol. The lowest BCUT2D eigenvalue weighted by molar-refractivity contribution is -0.122. The van der Waals surface area contributed by atoms with Crippen LogP contribution in [0.25, 0.3) is 0 Å². The fourth-order valence-corrected chi connectivity index (χ4v) is 0.736. The summed E-state index contributed by atoms with van der Waals surface area (Å²) in [5.74, 6) is 2.64. The van der Waals surface area contributed by atoms with Crippen LogP contribution in [0.4, 0.5) is 0 Å². The third-order valence-corrected chi connectivity index (χ3v) is 1.20. The number of hydrogen-bond donors (Lipinski definition) is 0. The van der Waals surface area contributed by atoms with Crippen molar-refractivity contribution in [2.24, 2.45) is 0 Å². The molecule has 0 N–H and O–H groups in total. The second-order valence-corrected chi connectivity index (χ2v) is 2.13. The van der Waals surface area contributed by atoms with Gasteiger partial charge in [0.05, 0.1) is 0 Å². The minimum absolute atomic E-state index is 0.293. The second kappa shape index (κ2) is 4.14. The fraction of sp³-hybridized carbons (Fsp3) is 0.111. The molecule has 1 aromatic rings. The Morgan fingerprint density at radius 1 is 1.67 bits per heavy atom. The summed E-state index contributed by atoms with van der Waals surface area (Å²) in [7, 11) is 0. The summed E-state index contributed by atoms with van der Waals surface area (Å²) in [6.07, 6.45) is 3.89. The number of carbonyl (C=O) groups excluding carboxylic acids is 1. The van der Waals surface area contributed by atoms with Crippen LogP contribution in [-0.4, -0.2) is 11.5 Å². The van der Waals surface area contributed by atoms with E-state index in [1.54, 1.807) is 18.3 Å². The highest BCUT2D eigenvalue weighted by Crippen LogP contribution is 1.97. The van der Waals surface area contributed by atoms with Crippen LogP contribution in [0.3, 0.4) is 0 Å². The van der Waals surface area contributed by atoms with E-state index in [0.29, 0.717) is 6.47 Å². The van der Waals surface area contributed by atoms with E-state index in [1.807, 2.05) is 6.92 Å². The highest BCUT2D eigenvalue weighted by molar-refractivity contribution is 5.41. The van der Waals surface area contributed by atoms with Gasteiger partial charge in [-0.05, 0) is 25.0 Å². The molecule has 1 rings (SSSR count). The van der Waals surface area contributed by atoms with Crippen LogP contribution >= 0.6 is 0 Å². The van der Waals surface area contributed by atoms with Crippen molar-refractivity contribution in [3.8, 4) is 12.0 Å². The summed E-state index contributed by atoms with van der Waals surface area (Å²) >= 11 is 0. The Bertz CT molecular complexity index is 336. The largest absolute Gasteiger partial charge is 0.374 e. The molecule has 0 spiro atoms. The molecule has 3 heteroatoms. The van der Waals surface area contributed by atoms with Crippen LogP contribution in [0.5, 0.6) is 0 Å². The lowest BCUT2D eigenvalue weighted by Gasteiger charge is -1.90. The number of aryl methyl sites for hydroxylation is 1. The second-order valence-electron chi connectivity index (χ2n) is 2.13. The van der Waals surface area contributed by atoms with Crippen LogP contribution in [-0.2, 0) is 9.53 Å². The van der Waals surface area contributed by atoms with Crippen LogP contribution in [0.15, 0.2) is 18.3 Å². The van der Waals surface area contributed by atoms with Crippen LogP contribution in [0.2, 0.25) is 0 Å². The molecule has 0 bridgehead atoms. The quantitative estimate of drug-likeness (QED) is 0.453. The Morgan fingerprint density at radius 2 is 2.50 bits per heavy atom. The average Bonchev–Trinajstić information content (AvgIpc) is 2.05. The van der Waals surface area contributed by atoms with Gasteiger partial charge in [0.2, 0.25) is 0 Å². The Hall–Kier alpha value is -1.82. The molecule has 1 heterocycles. The van der Waals surface area contributed by atoms with E-state index in [1.165, 1.54) is 0 Å². The predicted octanol–water partition coefficient (Wildman–Crippen LogP) is 0.872. The third kappa shape index (κ3) is 2.43. The van der Waals surface area contributed by atoms with E-state index >= 15 is 0 Å².